The van der Waals surface area contributed by atoms with Crippen LogP contribution in [0.3, 0.4) is 0 Å². The van der Waals surface area contributed by atoms with Gasteiger partial charge in [-0.15, -0.1) is 0 Å². The van der Waals surface area contributed by atoms with Gasteiger partial charge in [0.15, 0.2) is 6.10 Å². The molecule has 0 radical (unpaired) electrons. The number of carbonyl (C=O) groups excluding carboxylic acids is 1. The molecule has 4 N–H and O–H groups in total. The third-order valence-corrected chi connectivity index (χ3v) is 5.37. The van der Waals surface area contributed by atoms with Gasteiger partial charge in [0.05, 0.1) is 6.20 Å². The van der Waals surface area contributed by atoms with Crippen LogP contribution in [0, 0.1) is 13.8 Å². The molecule has 4 aromatic rings. The average Bonchev–Trinajstić information content (AvgIpc) is 3.19. The number of imidazole rings is 1. The first-order chi connectivity index (χ1) is 17.2. The molecule has 0 saturated heterocycles. The Morgan fingerprint density at radius 1 is 1.29 bits per heavy atom. The van der Waals surface area contributed by atoms with Crippen LogP contribution in [0.5, 0.6) is 0 Å². The predicted octanol–water partition coefficient (Wildman–Crippen LogP) is 4.94. The summed E-state index contributed by atoms with van der Waals surface area (Å²) in [5.74, 6) is -1.90. The number of aliphatic hydroxyl groups is 1. The largest absolute Gasteiger partial charge is 0.433 e. The number of carbonyl (C=O) groups is 1. The van der Waals surface area contributed by atoms with Crippen molar-refractivity contribution in [1.29, 1.82) is 0 Å². The molecule has 2 aromatic heterocycles. The average molecular weight is 493 g/mol. The minimum Gasteiger partial charge on any atom is -0.382 e. The Morgan fingerprint density at radius 2 is 2.06 bits per heavy atom. The van der Waals surface area contributed by atoms with Crippen molar-refractivity contribution in [3.05, 3.63) is 76.3 Å². The molecule has 0 bridgehead atoms. The van der Waals surface area contributed by atoms with Gasteiger partial charge in [0.25, 0.3) is 5.91 Å². The first-order valence-electron chi connectivity index (χ1n) is 11.3. The summed E-state index contributed by atoms with van der Waals surface area (Å²) in [5.41, 5.74) is 5.39. The molecule has 0 aliphatic carbocycles. The highest BCUT2D eigenvalue weighted by molar-refractivity contribution is 6.30. The van der Waals surface area contributed by atoms with E-state index in [1.165, 1.54) is 30.3 Å². The van der Waals surface area contributed by atoms with E-state index in [0.717, 1.165) is 0 Å². The Labute approximate surface area is 201 Å². The van der Waals surface area contributed by atoms with Crippen molar-refractivity contribution in [2.75, 3.05) is 11.1 Å². The minimum absolute atomic E-state index is 0.114. The van der Waals surface area contributed by atoms with E-state index in [-0.39, 0.29) is 33.8 Å². The highest BCUT2D eigenvalue weighted by Crippen LogP contribution is 2.36. The van der Waals surface area contributed by atoms with Crippen LogP contribution >= 0.6 is 11.6 Å². The molecule has 34 heavy (non-hydrogen) atoms. The summed E-state index contributed by atoms with van der Waals surface area (Å²) in [7, 11) is 0. The van der Waals surface area contributed by atoms with Crippen molar-refractivity contribution in [2.45, 2.75) is 26.1 Å². The highest BCUT2D eigenvalue weighted by atomic mass is 35.5. The molecule has 11 heteroatoms. The van der Waals surface area contributed by atoms with Crippen LogP contribution in [0.4, 0.5) is 24.7 Å². The van der Waals surface area contributed by atoms with Crippen molar-refractivity contribution in [3.63, 3.8) is 0 Å². The number of nitrogens with zero attached hydrogens (tertiary/aromatic N) is 3. The summed E-state index contributed by atoms with van der Waals surface area (Å²) < 4.78 is 64.8. The van der Waals surface area contributed by atoms with Crippen LogP contribution in [0.25, 0.3) is 16.8 Å². The van der Waals surface area contributed by atoms with Crippen LogP contribution in [-0.2, 0) is 11.0 Å². The molecule has 0 unspecified atom stereocenters. The number of hydrogen-bond acceptors (Lipinski definition) is 5. The van der Waals surface area contributed by atoms with Gasteiger partial charge in [-0.1, -0.05) is 29.8 Å². The van der Waals surface area contributed by atoms with Crippen LogP contribution in [0.1, 0.15) is 32.9 Å². The molecule has 1 amide bonds. The fraction of sp³-hybridized carbons (Fsp3) is 0.174. The van der Waals surface area contributed by atoms with Gasteiger partial charge < -0.3 is 16.2 Å². The van der Waals surface area contributed by atoms with E-state index in [2.05, 4.69) is 15.3 Å². The van der Waals surface area contributed by atoms with Crippen LogP contribution in [0.2, 0.25) is 5.02 Å². The third-order valence-electron chi connectivity index (χ3n) is 5.14. The maximum Gasteiger partial charge on any atom is 0.433 e. The molecule has 176 valence electrons. The van der Waals surface area contributed by atoms with Gasteiger partial charge >= 0.3 is 6.18 Å². The number of fused-ring (bicyclic) bond motifs is 1. The van der Waals surface area contributed by atoms with E-state index >= 15 is 0 Å². The zero-order valence-corrected chi connectivity index (χ0v) is 18.2. The summed E-state index contributed by atoms with van der Waals surface area (Å²) in [6.07, 6.45) is -5.98. The smallest absolute Gasteiger partial charge is 0.382 e. The molecular weight excluding hydrogens is 471 g/mol. The molecule has 4 rings (SSSR count). The Bertz CT molecular complexity index is 1520. The summed E-state index contributed by atoms with van der Waals surface area (Å²) >= 11 is 5.91. The second kappa shape index (κ2) is 8.62. The normalized spacial score (nSPS) is 14.4. The molecule has 2 aromatic carbocycles. The monoisotopic (exact) mass is 492 g/mol. The van der Waals surface area contributed by atoms with Gasteiger partial charge in [0.2, 0.25) is 0 Å². The SMILES string of the molecule is [2H]C([2H])([2H])c1nc(-c2ccc(NC(=O)[C@@H](O)c3cccc(Cl)c3)cc2C)c2c(N)ncc(C(F)(F)F)n12. The van der Waals surface area contributed by atoms with Crippen LogP contribution in [-0.4, -0.2) is 25.4 Å². The Balaban J connectivity index is 1.77. The molecule has 0 spiro atoms. The number of rotatable bonds is 4. The van der Waals surface area contributed by atoms with Crippen LogP contribution in [0.15, 0.2) is 48.7 Å². The Hall–Kier alpha value is -3.63. The molecule has 0 aliphatic rings. The van der Waals surface area contributed by atoms with E-state index < -0.39 is 36.6 Å². The van der Waals surface area contributed by atoms with Gasteiger partial charge in [-0.05, 0) is 49.2 Å². The highest BCUT2D eigenvalue weighted by Gasteiger charge is 2.36. The zero-order chi connectivity index (χ0) is 27.3. The predicted molar refractivity (Wildman–Crippen MR) is 122 cm³/mol. The molecule has 2 heterocycles. The van der Waals surface area contributed by atoms with Gasteiger partial charge in [-0.25, -0.2) is 9.97 Å². The molecule has 7 nitrogen and oxygen atoms in total. The number of amides is 1. The number of anilines is 2. The standard InChI is InChI=1S/C23H19ClF3N5O2/c1-11-8-15(31-22(34)20(33)13-4-3-5-14(24)9-13)6-7-16(11)18-19-21(28)29-10-17(23(25,26)27)32(19)12(2)30-18/h3-10,20,33H,1-2H3,(H2,28,29)(H,31,34)/t20-/m0/s1/i2D3. The Kier molecular flexibility index (Phi) is 5.02. The quantitative estimate of drug-likeness (QED) is 0.374. The molecule has 0 fully saturated rings. The van der Waals surface area contributed by atoms with Gasteiger partial charge in [0.1, 0.15) is 28.5 Å². The van der Waals surface area contributed by atoms with Gasteiger partial charge in [-0.2, -0.15) is 13.2 Å². The van der Waals surface area contributed by atoms with Crippen LogP contribution < -0.4 is 11.1 Å². The van der Waals surface area contributed by atoms with E-state index in [4.69, 9.17) is 21.4 Å². The number of nitrogen functional groups attached to an aromatic ring is 1. The van der Waals surface area contributed by atoms with E-state index in [1.807, 2.05) is 0 Å². The maximum absolute atomic E-state index is 13.7. The zero-order valence-electron chi connectivity index (χ0n) is 20.5. The summed E-state index contributed by atoms with van der Waals surface area (Å²) in [5, 5.41) is 13.2. The van der Waals surface area contributed by atoms with Crippen molar-refractivity contribution in [3.8, 4) is 11.3 Å². The van der Waals surface area contributed by atoms with Crippen molar-refractivity contribution in [1.82, 2.24) is 14.4 Å². The fourth-order valence-electron chi connectivity index (χ4n) is 3.57. The lowest BCUT2D eigenvalue weighted by atomic mass is 10.0. The first-order valence-corrected chi connectivity index (χ1v) is 10.2. The molecule has 1 atom stereocenters. The number of aliphatic hydroxyl groups excluding tert-OH is 1. The number of aryl methyl sites for hydroxylation is 2. The lowest BCUT2D eigenvalue weighted by Crippen LogP contribution is -2.20. The number of nitrogens with two attached hydrogens (primary N) is 1. The molecule has 0 saturated carbocycles. The van der Waals surface area contributed by atoms with Gasteiger partial charge in [0, 0.05) is 20.4 Å². The maximum atomic E-state index is 13.7. The minimum atomic E-state index is -4.93. The topological polar surface area (TPSA) is 106 Å². The lowest BCUT2D eigenvalue weighted by molar-refractivity contribution is -0.142. The molecule has 0 aliphatic heterocycles. The summed E-state index contributed by atoms with van der Waals surface area (Å²) in [6.45, 7) is -1.40. The number of benzene rings is 2. The Morgan fingerprint density at radius 3 is 2.71 bits per heavy atom. The third kappa shape index (κ3) is 4.29. The fourth-order valence-corrected chi connectivity index (χ4v) is 3.77. The van der Waals surface area contributed by atoms with E-state index in [1.54, 1.807) is 19.1 Å². The van der Waals surface area contributed by atoms with Crippen molar-refractivity contribution in [2.24, 2.45) is 0 Å². The van der Waals surface area contributed by atoms with E-state index in [0.29, 0.717) is 21.2 Å². The van der Waals surface area contributed by atoms with E-state index in [9.17, 15) is 23.1 Å². The van der Waals surface area contributed by atoms with Crippen molar-refractivity contribution >= 4 is 34.5 Å². The van der Waals surface area contributed by atoms with Gasteiger partial charge in [-0.3, -0.25) is 9.20 Å². The molecular formula is C23H19ClF3N5O2. The number of alkyl halides is 3. The lowest BCUT2D eigenvalue weighted by Gasteiger charge is -2.14. The number of hydrogen-bond donors (Lipinski definition) is 3. The summed E-state index contributed by atoms with van der Waals surface area (Å²) in [4.78, 5) is 20.2. The first kappa shape index (κ1) is 19.8. The van der Waals surface area contributed by atoms with Crippen molar-refractivity contribution < 1.29 is 27.2 Å². The second-order valence-electron chi connectivity index (χ2n) is 7.47. The number of aromatic nitrogens is 3. The number of halogens is 4. The summed E-state index contributed by atoms with van der Waals surface area (Å²) in [6, 6.07) is 10.5. The number of nitrogens with one attached hydrogen (secondary N) is 1. The second-order valence-corrected chi connectivity index (χ2v) is 7.91.